The highest BCUT2D eigenvalue weighted by molar-refractivity contribution is 5.31. The number of rotatable bonds is 5. The lowest BCUT2D eigenvalue weighted by molar-refractivity contribution is 0.00145. The van der Waals surface area contributed by atoms with E-state index in [1.807, 2.05) is 16.9 Å². The number of hydrogen-bond acceptors (Lipinski definition) is 4. The zero-order valence-corrected chi connectivity index (χ0v) is 15.7. The maximum atomic E-state index is 6.55. The Morgan fingerprint density at radius 1 is 1.27 bits per heavy atom. The van der Waals surface area contributed by atoms with Gasteiger partial charge in [0.1, 0.15) is 0 Å². The highest BCUT2D eigenvalue weighted by Gasteiger charge is 2.62. The van der Waals surface area contributed by atoms with Crippen molar-refractivity contribution < 1.29 is 4.74 Å². The average molecular weight is 352 g/mol. The Balaban J connectivity index is 1.29. The van der Waals surface area contributed by atoms with E-state index in [0.717, 1.165) is 31.9 Å². The van der Waals surface area contributed by atoms with Crippen molar-refractivity contribution in [2.45, 2.75) is 31.1 Å². The van der Waals surface area contributed by atoms with Gasteiger partial charge < -0.3 is 9.64 Å². The van der Waals surface area contributed by atoms with Gasteiger partial charge >= 0.3 is 0 Å². The molecule has 3 aliphatic rings. The molecule has 26 heavy (non-hydrogen) atoms. The zero-order chi connectivity index (χ0) is 17.7. The molecule has 1 aromatic carbocycles. The molecule has 3 aliphatic heterocycles. The number of aromatic nitrogens is 2. The lowest BCUT2D eigenvalue weighted by Gasteiger charge is -2.31. The van der Waals surface area contributed by atoms with Crippen molar-refractivity contribution in [2.75, 3.05) is 33.7 Å². The first-order valence-electron chi connectivity index (χ1n) is 9.77. The standard InChI is InChI=1S/C21H28N4O/c1-23(2)13-18-19-14-24(15-21(19)9-8-20(18)26-21)11-16-10-22-25(12-16)17-6-4-3-5-7-17/h3-7,10,12,18-20H,8-9,11,13-15H2,1-2H3/t18-,19+,20+,21+/m0/s1. The quantitative estimate of drug-likeness (QED) is 0.828. The molecule has 0 saturated carbocycles. The van der Waals surface area contributed by atoms with E-state index in [-0.39, 0.29) is 5.60 Å². The van der Waals surface area contributed by atoms with Crippen LogP contribution in [0.5, 0.6) is 0 Å². The van der Waals surface area contributed by atoms with Gasteiger partial charge in [-0.25, -0.2) is 4.68 Å². The highest BCUT2D eigenvalue weighted by atomic mass is 16.5. The van der Waals surface area contributed by atoms with Crippen LogP contribution in [0.1, 0.15) is 18.4 Å². The molecule has 1 aromatic heterocycles. The molecule has 3 fully saturated rings. The van der Waals surface area contributed by atoms with Crippen molar-refractivity contribution in [3.63, 3.8) is 0 Å². The minimum absolute atomic E-state index is 0.126. The van der Waals surface area contributed by atoms with Crippen molar-refractivity contribution >= 4 is 0 Å². The number of fused-ring (bicyclic) bond motifs is 1. The van der Waals surface area contributed by atoms with Gasteiger partial charge in [-0.2, -0.15) is 5.10 Å². The topological polar surface area (TPSA) is 33.5 Å². The van der Waals surface area contributed by atoms with Gasteiger partial charge in [0, 0.05) is 49.8 Å². The van der Waals surface area contributed by atoms with Crippen LogP contribution in [-0.4, -0.2) is 65.0 Å². The first kappa shape index (κ1) is 16.5. The normalized spacial score (nSPS) is 33.3. The zero-order valence-electron chi connectivity index (χ0n) is 15.7. The van der Waals surface area contributed by atoms with Crippen molar-refractivity contribution in [2.24, 2.45) is 11.8 Å². The van der Waals surface area contributed by atoms with Crippen LogP contribution in [0.4, 0.5) is 0 Å². The van der Waals surface area contributed by atoms with E-state index < -0.39 is 0 Å². The Kier molecular flexibility index (Phi) is 3.92. The van der Waals surface area contributed by atoms with Crippen LogP contribution in [-0.2, 0) is 11.3 Å². The fraction of sp³-hybridized carbons (Fsp3) is 0.571. The van der Waals surface area contributed by atoms with Crippen molar-refractivity contribution in [3.8, 4) is 5.69 Å². The number of hydrogen-bond donors (Lipinski definition) is 0. The smallest absolute Gasteiger partial charge is 0.0858 e. The van der Waals surface area contributed by atoms with Crippen molar-refractivity contribution in [3.05, 3.63) is 48.3 Å². The summed E-state index contributed by atoms with van der Waals surface area (Å²) < 4.78 is 8.52. The van der Waals surface area contributed by atoms with E-state index in [1.54, 1.807) is 0 Å². The summed E-state index contributed by atoms with van der Waals surface area (Å²) >= 11 is 0. The van der Waals surface area contributed by atoms with Gasteiger partial charge in [-0.05, 0) is 39.1 Å². The Labute approximate surface area is 155 Å². The largest absolute Gasteiger partial charge is 0.370 e. The molecule has 0 N–H and O–H groups in total. The fourth-order valence-electron chi connectivity index (χ4n) is 5.49. The first-order chi connectivity index (χ1) is 12.6. The Hall–Kier alpha value is -1.69. The van der Waals surface area contributed by atoms with Crippen LogP contribution in [0.15, 0.2) is 42.7 Å². The molecular weight excluding hydrogens is 324 g/mol. The third kappa shape index (κ3) is 2.70. The summed E-state index contributed by atoms with van der Waals surface area (Å²) in [6.07, 6.45) is 7.15. The molecule has 138 valence electrons. The molecular formula is C21H28N4O. The van der Waals surface area contributed by atoms with Gasteiger partial charge in [-0.1, -0.05) is 18.2 Å². The summed E-state index contributed by atoms with van der Waals surface area (Å²) in [5, 5.41) is 4.55. The highest BCUT2D eigenvalue weighted by Crippen LogP contribution is 2.55. The van der Waals surface area contributed by atoms with Gasteiger partial charge in [0.25, 0.3) is 0 Å². The molecule has 2 aromatic rings. The van der Waals surface area contributed by atoms with Gasteiger partial charge in [0.05, 0.1) is 23.6 Å². The van der Waals surface area contributed by atoms with E-state index in [9.17, 15) is 0 Å². The number of ether oxygens (including phenoxy) is 1. The van der Waals surface area contributed by atoms with Crippen LogP contribution in [0, 0.1) is 11.8 Å². The Morgan fingerprint density at radius 3 is 2.92 bits per heavy atom. The average Bonchev–Trinajstić information content (AvgIpc) is 3.37. The maximum absolute atomic E-state index is 6.55. The predicted octanol–water partition coefficient (Wildman–Crippen LogP) is 2.41. The van der Waals surface area contributed by atoms with E-state index in [2.05, 4.69) is 59.5 Å². The number of para-hydroxylation sites is 1. The van der Waals surface area contributed by atoms with E-state index >= 15 is 0 Å². The second-order valence-electron chi connectivity index (χ2n) is 8.59. The third-order valence-electron chi connectivity index (χ3n) is 6.49. The number of nitrogens with zero attached hydrogens (tertiary/aromatic N) is 4. The molecule has 0 amide bonds. The van der Waals surface area contributed by atoms with E-state index in [0.29, 0.717) is 17.9 Å². The maximum Gasteiger partial charge on any atom is 0.0858 e. The van der Waals surface area contributed by atoms with E-state index in [1.165, 1.54) is 18.4 Å². The molecule has 3 saturated heterocycles. The summed E-state index contributed by atoms with van der Waals surface area (Å²) in [6.45, 7) is 4.35. The summed E-state index contributed by atoms with van der Waals surface area (Å²) in [6, 6.07) is 10.3. The fourth-order valence-corrected chi connectivity index (χ4v) is 5.49. The SMILES string of the molecule is CN(C)C[C@H]1[C@H]2CN(Cc3cnn(-c4ccccc4)c3)C[C@]23CC[C@H]1O3. The molecule has 4 heterocycles. The Bertz CT molecular complexity index is 773. The van der Waals surface area contributed by atoms with Gasteiger partial charge in [-0.3, -0.25) is 4.90 Å². The minimum atomic E-state index is 0.126. The molecule has 5 heteroatoms. The monoisotopic (exact) mass is 352 g/mol. The molecule has 1 spiro atoms. The molecule has 5 rings (SSSR count). The molecule has 4 atom stereocenters. The van der Waals surface area contributed by atoms with Crippen LogP contribution < -0.4 is 0 Å². The number of likely N-dealkylation sites (tertiary alicyclic amines) is 1. The van der Waals surface area contributed by atoms with E-state index in [4.69, 9.17) is 4.74 Å². The second kappa shape index (κ2) is 6.19. The van der Waals surface area contributed by atoms with Crippen molar-refractivity contribution in [1.29, 1.82) is 0 Å². The van der Waals surface area contributed by atoms with Gasteiger partial charge in [-0.15, -0.1) is 0 Å². The summed E-state index contributed by atoms with van der Waals surface area (Å²) in [7, 11) is 4.37. The summed E-state index contributed by atoms with van der Waals surface area (Å²) in [5.74, 6) is 1.38. The lowest BCUT2D eigenvalue weighted by atomic mass is 9.73. The first-order valence-corrected chi connectivity index (χ1v) is 9.77. The van der Waals surface area contributed by atoms with Crippen LogP contribution in [0.25, 0.3) is 5.69 Å². The molecule has 0 aliphatic carbocycles. The van der Waals surface area contributed by atoms with Crippen LogP contribution in [0.2, 0.25) is 0 Å². The molecule has 0 radical (unpaired) electrons. The third-order valence-corrected chi connectivity index (χ3v) is 6.49. The molecule has 0 unspecified atom stereocenters. The number of benzene rings is 1. The van der Waals surface area contributed by atoms with Crippen LogP contribution >= 0.6 is 0 Å². The minimum Gasteiger partial charge on any atom is -0.370 e. The predicted molar refractivity (Wildman–Crippen MR) is 101 cm³/mol. The molecule has 5 nitrogen and oxygen atoms in total. The lowest BCUT2D eigenvalue weighted by Crippen LogP contribution is -2.40. The van der Waals surface area contributed by atoms with Crippen LogP contribution in [0.3, 0.4) is 0 Å². The second-order valence-corrected chi connectivity index (χ2v) is 8.59. The van der Waals surface area contributed by atoms with Gasteiger partial charge in [0.2, 0.25) is 0 Å². The molecule has 2 bridgehead atoms. The van der Waals surface area contributed by atoms with Gasteiger partial charge in [0.15, 0.2) is 0 Å². The Morgan fingerprint density at radius 2 is 2.12 bits per heavy atom. The summed E-state index contributed by atoms with van der Waals surface area (Å²) in [5.41, 5.74) is 2.52. The summed E-state index contributed by atoms with van der Waals surface area (Å²) in [4.78, 5) is 4.91. The van der Waals surface area contributed by atoms with Crippen molar-refractivity contribution in [1.82, 2.24) is 19.6 Å².